The van der Waals surface area contributed by atoms with Crippen LogP contribution in [0.4, 0.5) is 0 Å². The molecule has 0 unspecified atom stereocenters. The average Bonchev–Trinajstić information content (AvgIpc) is 2.85. The van der Waals surface area contributed by atoms with Gasteiger partial charge in [0.1, 0.15) is 0 Å². The number of carbonyl (C=O) groups excluding carboxylic acids is 1. The highest BCUT2D eigenvalue weighted by Gasteiger charge is 2.17. The second kappa shape index (κ2) is 11.6. The highest BCUT2D eigenvalue weighted by Crippen LogP contribution is 2.27. The lowest BCUT2D eigenvalue weighted by Crippen LogP contribution is -2.14. The van der Waals surface area contributed by atoms with Crippen LogP contribution in [0.25, 0.3) is 0 Å². The van der Waals surface area contributed by atoms with Crippen LogP contribution in [-0.2, 0) is 14.2 Å². The van der Waals surface area contributed by atoms with Gasteiger partial charge in [-0.05, 0) is 72.9 Å². The lowest BCUT2D eigenvalue weighted by Gasteiger charge is -2.22. The van der Waals surface area contributed by atoms with E-state index in [-0.39, 0.29) is 5.97 Å². The van der Waals surface area contributed by atoms with Gasteiger partial charge in [0.15, 0.2) is 0 Å². The fraction of sp³-hybridized carbons (Fsp3) is 0.440. The first kappa shape index (κ1) is 23.0. The van der Waals surface area contributed by atoms with Crippen LogP contribution in [0.3, 0.4) is 0 Å². The molecule has 0 bridgehead atoms. The molecule has 2 aromatic carbocycles. The van der Waals surface area contributed by atoms with Crippen molar-refractivity contribution < 1.29 is 28.9 Å². The van der Waals surface area contributed by atoms with Gasteiger partial charge in [-0.3, -0.25) is 0 Å². The topological polar surface area (TPSA) is 82.1 Å². The Hall–Kier alpha value is -2.70. The Morgan fingerprint density at radius 3 is 1.48 bits per heavy atom. The molecule has 0 amide bonds. The third-order valence-electron chi connectivity index (χ3n) is 5.87. The Bertz CT molecular complexity index is 831. The fourth-order valence-electron chi connectivity index (χ4n) is 3.97. The molecule has 166 valence electrons. The van der Waals surface area contributed by atoms with Crippen molar-refractivity contribution in [3.05, 3.63) is 70.8 Å². The molecular weight excluding hydrogens is 396 g/mol. The molecule has 0 radical (unpaired) electrons. The number of benzene rings is 2. The highest BCUT2D eigenvalue weighted by atomic mass is 16.5. The molecule has 0 spiro atoms. The summed E-state index contributed by atoms with van der Waals surface area (Å²) in [5.74, 6) is -0.0471. The maximum absolute atomic E-state index is 11.3. The van der Waals surface area contributed by atoms with Gasteiger partial charge < -0.3 is 19.3 Å². The summed E-state index contributed by atoms with van der Waals surface area (Å²) in [7, 11) is 1.40. The van der Waals surface area contributed by atoms with E-state index in [0.717, 1.165) is 52.1 Å². The van der Waals surface area contributed by atoms with Crippen LogP contribution in [0.5, 0.6) is 0 Å². The molecule has 2 aliphatic heterocycles. The molecule has 1 N–H and O–H groups in total. The minimum Gasteiger partial charge on any atom is -0.478 e. The third kappa shape index (κ3) is 6.64. The molecular formula is C25H30O6. The zero-order valence-electron chi connectivity index (χ0n) is 17.9. The van der Waals surface area contributed by atoms with Gasteiger partial charge in [0, 0.05) is 26.4 Å². The number of aromatic carboxylic acids is 1. The largest absolute Gasteiger partial charge is 0.478 e. The van der Waals surface area contributed by atoms with Crippen molar-refractivity contribution in [2.75, 3.05) is 33.5 Å². The number of carboxylic acid groups (broad SMARTS) is 1. The van der Waals surface area contributed by atoms with E-state index in [9.17, 15) is 9.59 Å². The van der Waals surface area contributed by atoms with E-state index in [4.69, 9.17) is 14.6 Å². The van der Waals surface area contributed by atoms with Gasteiger partial charge in [-0.1, -0.05) is 24.3 Å². The summed E-state index contributed by atoms with van der Waals surface area (Å²) in [4.78, 5) is 21.9. The van der Waals surface area contributed by atoms with E-state index in [1.165, 1.54) is 18.2 Å². The molecule has 0 saturated carbocycles. The number of hydrogen-bond acceptors (Lipinski definition) is 5. The molecule has 0 atom stereocenters. The molecule has 6 nitrogen and oxygen atoms in total. The van der Waals surface area contributed by atoms with Gasteiger partial charge in [-0.15, -0.1) is 0 Å². The van der Waals surface area contributed by atoms with Crippen molar-refractivity contribution >= 4 is 11.9 Å². The van der Waals surface area contributed by atoms with Crippen LogP contribution in [0, 0.1) is 0 Å². The number of carbonyl (C=O) groups is 2. The van der Waals surface area contributed by atoms with E-state index >= 15 is 0 Å². The second-order valence-corrected chi connectivity index (χ2v) is 7.81. The summed E-state index contributed by atoms with van der Waals surface area (Å²) >= 11 is 0. The number of methoxy groups -OCH3 is 1. The van der Waals surface area contributed by atoms with Gasteiger partial charge in [-0.25, -0.2) is 9.59 Å². The number of ether oxygens (including phenoxy) is 3. The number of carboxylic acids is 1. The molecule has 31 heavy (non-hydrogen) atoms. The monoisotopic (exact) mass is 426 g/mol. The van der Waals surface area contributed by atoms with Crippen LogP contribution in [0.2, 0.25) is 0 Å². The molecule has 4 rings (SSSR count). The summed E-state index contributed by atoms with van der Waals surface area (Å²) in [5.41, 5.74) is 3.48. The van der Waals surface area contributed by atoms with Crippen molar-refractivity contribution in [3.8, 4) is 0 Å². The van der Waals surface area contributed by atoms with Gasteiger partial charge in [0.05, 0.1) is 18.2 Å². The Labute approximate surface area is 183 Å². The lowest BCUT2D eigenvalue weighted by atomic mass is 9.91. The van der Waals surface area contributed by atoms with Crippen LogP contribution >= 0.6 is 0 Å². The van der Waals surface area contributed by atoms with E-state index in [1.54, 1.807) is 12.1 Å². The summed E-state index contributed by atoms with van der Waals surface area (Å²) in [6.07, 6.45) is 4.20. The lowest BCUT2D eigenvalue weighted by molar-refractivity contribution is 0.0599. The summed E-state index contributed by atoms with van der Waals surface area (Å²) in [5, 5.41) is 8.77. The molecule has 2 fully saturated rings. The minimum atomic E-state index is -0.867. The number of esters is 1. The summed E-state index contributed by atoms with van der Waals surface area (Å²) in [6.45, 7) is 3.30. The first-order valence-corrected chi connectivity index (χ1v) is 10.8. The quantitative estimate of drug-likeness (QED) is 0.717. The van der Waals surface area contributed by atoms with Crippen LogP contribution in [0.1, 0.15) is 69.4 Å². The van der Waals surface area contributed by atoms with Crippen molar-refractivity contribution in [1.29, 1.82) is 0 Å². The first-order valence-electron chi connectivity index (χ1n) is 10.8. The first-order chi connectivity index (χ1) is 15.1. The second-order valence-electron chi connectivity index (χ2n) is 7.81. The smallest absolute Gasteiger partial charge is 0.337 e. The maximum atomic E-state index is 11.3. The van der Waals surface area contributed by atoms with Crippen molar-refractivity contribution in [1.82, 2.24) is 0 Å². The van der Waals surface area contributed by atoms with E-state index in [1.807, 2.05) is 36.4 Å². The van der Waals surface area contributed by atoms with Crippen LogP contribution in [0.15, 0.2) is 48.5 Å². The van der Waals surface area contributed by atoms with Crippen LogP contribution < -0.4 is 0 Å². The van der Waals surface area contributed by atoms with Gasteiger partial charge in [0.25, 0.3) is 0 Å². The third-order valence-corrected chi connectivity index (χ3v) is 5.87. The minimum absolute atomic E-state index is 0.279. The average molecular weight is 427 g/mol. The normalized spacial score (nSPS) is 17.3. The summed E-state index contributed by atoms with van der Waals surface area (Å²) < 4.78 is 15.3. The zero-order chi connectivity index (χ0) is 22.1. The molecule has 2 saturated heterocycles. The Kier molecular flexibility index (Phi) is 8.62. The highest BCUT2D eigenvalue weighted by molar-refractivity contribution is 5.89. The molecule has 6 heteroatoms. The van der Waals surface area contributed by atoms with Gasteiger partial charge >= 0.3 is 11.9 Å². The zero-order valence-corrected chi connectivity index (χ0v) is 17.9. The predicted molar refractivity (Wildman–Crippen MR) is 117 cm³/mol. The number of hydrogen-bond donors (Lipinski definition) is 1. The van der Waals surface area contributed by atoms with Crippen molar-refractivity contribution in [2.24, 2.45) is 0 Å². The molecule has 2 aliphatic rings. The number of rotatable bonds is 4. The Morgan fingerprint density at radius 2 is 1.13 bits per heavy atom. The maximum Gasteiger partial charge on any atom is 0.337 e. The molecule has 2 aromatic rings. The van der Waals surface area contributed by atoms with E-state index in [2.05, 4.69) is 4.74 Å². The molecule has 0 aromatic heterocycles. The Morgan fingerprint density at radius 1 is 0.742 bits per heavy atom. The Balaban J connectivity index is 0.000000176. The van der Waals surface area contributed by atoms with Gasteiger partial charge in [0.2, 0.25) is 0 Å². The standard InChI is InChI=1S/C13H16O3.C12H14O3/c1-15-13(14)12-4-2-10(3-5-12)11-6-8-16-9-7-11;13-12(14)11-3-1-9(2-4-11)10-5-7-15-8-6-10/h2-5,11H,6-9H2,1H3;1-4,10H,5-8H2,(H,13,14). The predicted octanol–water partition coefficient (Wildman–Crippen LogP) is 4.65. The van der Waals surface area contributed by atoms with Gasteiger partial charge in [-0.2, -0.15) is 0 Å². The van der Waals surface area contributed by atoms with E-state index < -0.39 is 5.97 Å². The molecule has 2 heterocycles. The summed E-state index contributed by atoms with van der Waals surface area (Å²) in [6, 6.07) is 14.9. The van der Waals surface area contributed by atoms with Crippen molar-refractivity contribution in [2.45, 2.75) is 37.5 Å². The van der Waals surface area contributed by atoms with Crippen LogP contribution in [-0.4, -0.2) is 50.6 Å². The van der Waals surface area contributed by atoms with Crippen molar-refractivity contribution in [3.63, 3.8) is 0 Å². The molecule has 0 aliphatic carbocycles. The van der Waals surface area contributed by atoms with E-state index in [0.29, 0.717) is 23.0 Å². The fourth-order valence-corrected chi connectivity index (χ4v) is 3.97. The SMILES string of the molecule is COC(=O)c1ccc(C2CCOCC2)cc1.O=C(O)c1ccc(C2CCOCC2)cc1.